The number of nitro benzene ring substituents is 1. The van der Waals surface area contributed by atoms with E-state index in [0.717, 1.165) is 12.0 Å². The van der Waals surface area contributed by atoms with Crippen molar-refractivity contribution < 1.29 is 28.3 Å². The summed E-state index contributed by atoms with van der Waals surface area (Å²) in [4.78, 5) is 22.9. The Morgan fingerprint density at radius 1 is 1.31 bits per heavy atom. The molecule has 0 aliphatic carbocycles. The molecule has 9 heteroatoms. The zero-order chi connectivity index (χ0) is 19.0. The van der Waals surface area contributed by atoms with Gasteiger partial charge in [0.15, 0.2) is 17.9 Å². The molecular weight excluding hydrogens is 350 g/mol. The van der Waals surface area contributed by atoms with Gasteiger partial charge < -0.3 is 14.7 Å². The van der Waals surface area contributed by atoms with E-state index in [0.29, 0.717) is 23.3 Å². The molecule has 2 atom stereocenters. The molecule has 1 aliphatic rings. The van der Waals surface area contributed by atoms with Crippen LogP contribution in [0.2, 0.25) is 0 Å². The molecule has 7 nitrogen and oxygen atoms in total. The van der Waals surface area contributed by atoms with E-state index in [4.69, 9.17) is 4.74 Å². The first-order valence-corrected chi connectivity index (χ1v) is 7.60. The minimum absolute atomic E-state index is 0.0514. The van der Waals surface area contributed by atoms with Gasteiger partial charge in [0.05, 0.1) is 24.2 Å². The summed E-state index contributed by atoms with van der Waals surface area (Å²) in [7, 11) is 1.12. The summed E-state index contributed by atoms with van der Waals surface area (Å²) in [5.74, 6) is -3.32. The number of carbonyl (C=O) groups is 1. The third-order valence-electron chi connectivity index (χ3n) is 4.29. The molecule has 1 heterocycles. The van der Waals surface area contributed by atoms with Gasteiger partial charge in [-0.25, -0.2) is 13.6 Å². The number of non-ortho nitro benzene ring substituents is 1. The van der Waals surface area contributed by atoms with E-state index in [1.54, 1.807) is 24.3 Å². The van der Waals surface area contributed by atoms with Crippen LogP contribution in [0.25, 0.3) is 0 Å². The van der Waals surface area contributed by atoms with Gasteiger partial charge in [-0.2, -0.15) is 0 Å². The Labute approximate surface area is 146 Å². The van der Waals surface area contributed by atoms with Crippen molar-refractivity contribution in [3.05, 3.63) is 69.3 Å². The van der Waals surface area contributed by atoms with E-state index < -0.39 is 46.2 Å². The fourth-order valence-electron chi connectivity index (χ4n) is 3.11. The number of ether oxygens (including phenoxy) is 1. The average molecular weight is 364 g/mol. The molecule has 0 spiro atoms. The van der Waals surface area contributed by atoms with Crippen LogP contribution in [-0.4, -0.2) is 29.2 Å². The van der Waals surface area contributed by atoms with Crippen LogP contribution in [0.4, 0.5) is 20.2 Å². The predicted molar refractivity (Wildman–Crippen MR) is 86.4 cm³/mol. The zero-order valence-electron chi connectivity index (χ0n) is 13.6. The molecule has 0 saturated heterocycles. The number of carbonyl (C=O) groups excluding carboxylic acids is 1. The molecule has 136 valence electrons. The Kier molecular flexibility index (Phi) is 4.56. The van der Waals surface area contributed by atoms with Crippen molar-refractivity contribution in [3.8, 4) is 0 Å². The van der Waals surface area contributed by atoms with Gasteiger partial charge in [-0.05, 0) is 5.56 Å². The lowest BCUT2D eigenvalue weighted by Gasteiger charge is -2.40. The van der Waals surface area contributed by atoms with Gasteiger partial charge in [-0.15, -0.1) is 0 Å². The Morgan fingerprint density at radius 3 is 2.50 bits per heavy atom. The van der Waals surface area contributed by atoms with Crippen LogP contribution in [0.5, 0.6) is 0 Å². The summed E-state index contributed by atoms with van der Waals surface area (Å²) < 4.78 is 33.7. The molecule has 0 fully saturated rings. The Morgan fingerprint density at radius 2 is 1.92 bits per heavy atom. The molecule has 0 saturated carbocycles. The number of hydrogen-bond acceptors (Lipinski definition) is 6. The second kappa shape index (κ2) is 6.68. The first-order chi connectivity index (χ1) is 12.3. The van der Waals surface area contributed by atoms with Crippen LogP contribution in [0, 0.1) is 21.7 Å². The van der Waals surface area contributed by atoms with Gasteiger partial charge in [0.2, 0.25) is 0 Å². The fourth-order valence-corrected chi connectivity index (χ4v) is 3.11. The molecule has 1 aliphatic heterocycles. The van der Waals surface area contributed by atoms with Crippen LogP contribution in [0.3, 0.4) is 0 Å². The zero-order valence-corrected chi connectivity index (χ0v) is 13.6. The molecule has 2 unspecified atom stereocenters. The molecule has 26 heavy (non-hydrogen) atoms. The van der Waals surface area contributed by atoms with E-state index in [1.807, 2.05) is 0 Å². The fraction of sp³-hybridized carbons (Fsp3) is 0.235. The molecular formula is C17H14F2N2O5. The molecule has 0 radical (unpaired) electrons. The Bertz CT molecular complexity index is 866. The van der Waals surface area contributed by atoms with Gasteiger partial charge in [0, 0.05) is 12.0 Å². The van der Waals surface area contributed by atoms with Crippen molar-refractivity contribution in [2.75, 3.05) is 12.0 Å². The SMILES string of the molecule is COC(=O)C1Cc2ccccc2C(O)N1c1c(F)cc([N+](=O)[O-])cc1F. The highest BCUT2D eigenvalue weighted by Gasteiger charge is 2.41. The summed E-state index contributed by atoms with van der Waals surface area (Å²) >= 11 is 0. The molecule has 3 rings (SSSR count). The first kappa shape index (κ1) is 17.7. The van der Waals surface area contributed by atoms with E-state index in [-0.39, 0.29) is 6.42 Å². The number of nitro groups is 1. The molecule has 0 amide bonds. The van der Waals surface area contributed by atoms with Gasteiger partial charge in [-0.1, -0.05) is 24.3 Å². The van der Waals surface area contributed by atoms with Crippen molar-refractivity contribution in [1.29, 1.82) is 0 Å². The second-order valence-corrected chi connectivity index (χ2v) is 5.74. The van der Waals surface area contributed by atoms with Crippen LogP contribution in [0.1, 0.15) is 17.4 Å². The van der Waals surface area contributed by atoms with Crippen molar-refractivity contribution >= 4 is 17.3 Å². The quantitative estimate of drug-likeness (QED) is 0.511. The van der Waals surface area contributed by atoms with Gasteiger partial charge >= 0.3 is 5.97 Å². The van der Waals surface area contributed by atoms with Crippen LogP contribution >= 0.6 is 0 Å². The maximum absolute atomic E-state index is 14.5. The molecule has 0 aromatic heterocycles. The Hall–Kier alpha value is -3.07. The number of aliphatic hydroxyl groups excluding tert-OH is 1. The number of nitrogens with zero attached hydrogens (tertiary/aromatic N) is 2. The lowest BCUT2D eigenvalue weighted by molar-refractivity contribution is -0.385. The number of halogens is 2. The molecule has 0 bridgehead atoms. The van der Waals surface area contributed by atoms with Crippen molar-refractivity contribution in [1.82, 2.24) is 0 Å². The van der Waals surface area contributed by atoms with Gasteiger partial charge in [-0.3, -0.25) is 10.1 Å². The van der Waals surface area contributed by atoms with Crippen LogP contribution in [-0.2, 0) is 16.0 Å². The first-order valence-electron chi connectivity index (χ1n) is 7.60. The summed E-state index contributed by atoms with van der Waals surface area (Å²) in [6.07, 6.45) is -1.48. The van der Waals surface area contributed by atoms with E-state index in [2.05, 4.69) is 0 Å². The lowest BCUT2D eigenvalue weighted by Crippen LogP contribution is -2.49. The van der Waals surface area contributed by atoms with Crippen LogP contribution in [0.15, 0.2) is 36.4 Å². The molecule has 1 N–H and O–H groups in total. The van der Waals surface area contributed by atoms with Gasteiger partial charge in [0.1, 0.15) is 11.7 Å². The van der Waals surface area contributed by atoms with Crippen molar-refractivity contribution in [3.63, 3.8) is 0 Å². The van der Waals surface area contributed by atoms with Crippen LogP contribution < -0.4 is 4.90 Å². The number of rotatable bonds is 3. The number of hydrogen-bond donors (Lipinski definition) is 1. The number of aliphatic hydroxyl groups is 1. The molecule has 2 aromatic carbocycles. The smallest absolute Gasteiger partial charge is 0.328 e. The maximum atomic E-state index is 14.5. The normalized spacial score (nSPS) is 19.0. The third kappa shape index (κ3) is 2.86. The minimum atomic E-state index is -1.53. The highest BCUT2D eigenvalue weighted by atomic mass is 19.1. The largest absolute Gasteiger partial charge is 0.467 e. The topological polar surface area (TPSA) is 92.9 Å². The number of fused-ring (bicyclic) bond motifs is 1. The monoisotopic (exact) mass is 364 g/mol. The van der Waals surface area contributed by atoms with E-state index in [1.165, 1.54) is 0 Å². The number of methoxy groups -OCH3 is 1. The summed E-state index contributed by atoms with van der Waals surface area (Å²) in [6.45, 7) is 0. The lowest BCUT2D eigenvalue weighted by atomic mass is 9.91. The van der Waals surface area contributed by atoms with Gasteiger partial charge in [0.25, 0.3) is 5.69 Å². The standard InChI is InChI=1S/C17H14F2N2O5/c1-26-17(23)14-6-9-4-2-3-5-11(9)16(22)20(14)15-12(18)7-10(21(24)25)8-13(15)19/h2-5,7-8,14,16,22H,6H2,1H3. The predicted octanol–water partition coefficient (Wildman–Crippen LogP) is 2.47. The summed E-state index contributed by atoms with van der Waals surface area (Å²) in [6, 6.07) is 6.50. The maximum Gasteiger partial charge on any atom is 0.328 e. The number of anilines is 1. The van der Waals surface area contributed by atoms with E-state index >= 15 is 0 Å². The number of esters is 1. The highest BCUT2D eigenvalue weighted by molar-refractivity contribution is 5.82. The average Bonchev–Trinajstić information content (AvgIpc) is 2.61. The molecule has 2 aromatic rings. The highest BCUT2D eigenvalue weighted by Crippen LogP contribution is 2.39. The van der Waals surface area contributed by atoms with E-state index in [9.17, 15) is 28.8 Å². The third-order valence-corrected chi connectivity index (χ3v) is 4.29. The van der Waals surface area contributed by atoms with Crippen molar-refractivity contribution in [2.24, 2.45) is 0 Å². The summed E-state index contributed by atoms with van der Waals surface area (Å²) in [5, 5.41) is 21.4. The Balaban J connectivity index is 2.17. The second-order valence-electron chi connectivity index (χ2n) is 5.74. The van der Waals surface area contributed by atoms with Crippen molar-refractivity contribution in [2.45, 2.75) is 18.7 Å². The number of benzene rings is 2. The minimum Gasteiger partial charge on any atom is -0.467 e. The summed E-state index contributed by atoms with van der Waals surface area (Å²) in [5.41, 5.74) is -0.488.